The molecule has 0 atom stereocenters. The molecule has 0 radical (unpaired) electrons. The fourth-order valence-corrected chi connectivity index (χ4v) is 1.53. The van der Waals surface area contributed by atoms with Gasteiger partial charge in [-0.2, -0.15) is 13.2 Å². The normalized spacial score (nSPS) is 11.4. The minimum absolute atomic E-state index is 0.0318. The quantitative estimate of drug-likeness (QED) is 0.831. The Morgan fingerprint density at radius 1 is 1.35 bits per heavy atom. The van der Waals surface area contributed by atoms with Crippen LogP contribution in [-0.2, 0) is 6.18 Å². The van der Waals surface area contributed by atoms with Crippen LogP contribution >= 0.6 is 0 Å². The van der Waals surface area contributed by atoms with Crippen LogP contribution in [0.1, 0.15) is 21.6 Å². The summed E-state index contributed by atoms with van der Waals surface area (Å²) in [6.07, 6.45) is -4.55. The number of nitrogens with one attached hydrogen (secondary N) is 1. The van der Waals surface area contributed by atoms with Gasteiger partial charge in [-0.05, 0) is 25.1 Å². The third-order valence-electron chi connectivity index (χ3n) is 2.49. The Bertz CT molecular complexity index is 650. The van der Waals surface area contributed by atoms with Gasteiger partial charge in [0.25, 0.3) is 5.91 Å². The van der Waals surface area contributed by atoms with E-state index < -0.39 is 17.6 Å². The van der Waals surface area contributed by atoms with E-state index in [4.69, 9.17) is 10.3 Å². The van der Waals surface area contributed by atoms with Gasteiger partial charge in [-0.1, -0.05) is 5.16 Å². The molecule has 8 heteroatoms. The van der Waals surface area contributed by atoms with Crippen molar-refractivity contribution in [3.05, 3.63) is 41.1 Å². The molecule has 3 N–H and O–H groups in total. The van der Waals surface area contributed by atoms with Crippen molar-refractivity contribution in [3.63, 3.8) is 0 Å². The highest BCUT2D eigenvalue weighted by Gasteiger charge is 2.31. The molecule has 2 aromatic rings. The van der Waals surface area contributed by atoms with E-state index in [1.54, 1.807) is 6.92 Å². The maximum absolute atomic E-state index is 12.6. The number of benzene rings is 1. The first-order chi connectivity index (χ1) is 9.27. The summed E-state index contributed by atoms with van der Waals surface area (Å²) in [4.78, 5) is 11.9. The van der Waals surface area contributed by atoms with Crippen LogP contribution in [0.5, 0.6) is 0 Å². The number of hydrogen-bond donors (Lipinski definition) is 2. The monoisotopic (exact) mass is 285 g/mol. The molecule has 0 unspecified atom stereocenters. The standard InChI is InChI=1S/C12H10F3N3O2/c1-6-4-10(20-18-6)17-11(19)8-5-7(12(13,14)15)2-3-9(8)16/h2-5H,16H2,1H3,(H,17,19). The topological polar surface area (TPSA) is 81.2 Å². The van der Waals surface area contributed by atoms with E-state index in [9.17, 15) is 18.0 Å². The SMILES string of the molecule is Cc1cc(NC(=O)c2cc(C(F)(F)F)ccc2N)on1. The average molecular weight is 285 g/mol. The van der Waals surface area contributed by atoms with Gasteiger partial charge in [0.2, 0.25) is 5.88 Å². The van der Waals surface area contributed by atoms with Gasteiger partial charge < -0.3 is 10.3 Å². The largest absolute Gasteiger partial charge is 0.416 e. The summed E-state index contributed by atoms with van der Waals surface area (Å²) < 4.78 is 42.5. The van der Waals surface area contributed by atoms with Crippen molar-refractivity contribution in [3.8, 4) is 0 Å². The van der Waals surface area contributed by atoms with Gasteiger partial charge in [0, 0.05) is 11.8 Å². The van der Waals surface area contributed by atoms with Crippen molar-refractivity contribution in [1.82, 2.24) is 5.16 Å². The van der Waals surface area contributed by atoms with Gasteiger partial charge in [-0.15, -0.1) is 0 Å². The number of aromatic nitrogens is 1. The number of amides is 1. The number of nitrogens with zero attached hydrogens (tertiary/aromatic N) is 1. The van der Waals surface area contributed by atoms with E-state index in [2.05, 4.69) is 10.5 Å². The highest BCUT2D eigenvalue weighted by Crippen LogP contribution is 2.31. The lowest BCUT2D eigenvalue weighted by Crippen LogP contribution is -2.15. The predicted octanol–water partition coefficient (Wildman–Crippen LogP) is 2.84. The molecule has 0 bridgehead atoms. The minimum Gasteiger partial charge on any atom is -0.398 e. The van der Waals surface area contributed by atoms with Crippen LogP contribution in [0.25, 0.3) is 0 Å². The third kappa shape index (κ3) is 2.90. The number of alkyl halides is 3. The second-order valence-corrected chi connectivity index (χ2v) is 4.09. The van der Waals surface area contributed by atoms with Crippen LogP contribution in [0.3, 0.4) is 0 Å². The lowest BCUT2D eigenvalue weighted by Gasteiger charge is -2.10. The van der Waals surface area contributed by atoms with Gasteiger partial charge in [0.15, 0.2) is 0 Å². The summed E-state index contributed by atoms with van der Waals surface area (Å²) in [5.41, 5.74) is 4.74. The third-order valence-corrected chi connectivity index (χ3v) is 2.49. The Hall–Kier alpha value is -2.51. The summed E-state index contributed by atoms with van der Waals surface area (Å²) in [5.74, 6) is -0.769. The first-order valence-corrected chi connectivity index (χ1v) is 5.49. The fourth-order valence-electron chi connectivity index (χ4n) is 1.53. The van der Waals surface area contributed by atoms with Gasteiger partial charge in [0.1, 0.15) is 0 Å². The van der Waals surface area contributed by atoms with Crippen molar-refractivity contribution in [1.29, 1.82) is 0 Å². The lowest BCUT2D eigenvalue weighted by atomic mass is 10.1. The average Bonchev–Trinajstić information content (AvgIpc) is 2.73. The first kappa shape index (κ1) is 13.9. The smallest absolute Gasteiger partial charge is 0.398 e. The lowest BCUT2D eigenvalue weighted by molar-refractivity contribution is -0.137. The van der Waals surface area contributed by atoms with E-state index in [-0.39, 0.29) is 17.1 Å². The zero-order valence-electron chi connectivity index (χ0n) is 10.3. The number of rotatable bonds is 2. The van der Waals surface area contributed by atoms with Crippen LogP contribution in [0, 0.1) is 6.92 Å². The van der Waals surface area contributed by atoms with E-state index in [1.807, 2.05) is 0 Å². The Labute approximate surface area is 111 Å². The van der Waals surface area contributed by atoms with Gasteiger partial charge in [0.05, 0.1) is 16.8 Å². The predicted molar refractivity (Wildman–Crippen MR) is 65.0 cm³/mol. The van der Waals surface area contributed by atoms with Crippen molar-refractivity contribution >= 4 is 17.5 Å². The minimum atomic E-state index is -4.55. The molecule has 0 aliphatic carbocycles. The zero-order valence-corrected chi connectivity index (χ0v) is 10.3. The number of carbonyl (C=O) groups is 1. The van der Waals surface area contributed by atoms with Crippen LogP contribution in [0.2, 0.25) is 0 Å². The Balaban J connectivity index is 2.29. The molecule has 0 fully saturated rings. The number of aryl methyl sites for hydroxylation is 1. The van der Waals surface area contributed by atoms with Crippen LogP contribution in [0.4, 0.5) is 24.7 Å². The van der Waals surface area contributed by atoms with Gasteiger partial charge in [-0.25, -0.2) is 0 Å². The highest BCUT2D eigenvalue weighted by atomic mass is 19.4. The number of nitrogens with two attached hydrogens (primary N) is 1. The summed E-state index contributed by atoms with van der Waals surface area (Å²) in [5, 5.41) is 5.82. The Morgan fingerprint density at radius 2 is 2.05 bits per heavy atom. The Kier molecular flexibility index (Phi) is 3.39. The molecule has 5 nitrogen and oxygen atoms in total. The van der Waals surface area contributed by atoms with Gasteiger partial charge >= 0.3 is 6.18 Å². The summed E-state index contributed by atoms with van der Waals surface area (Å²) >= 11 is 0. The summed E-state index contributed by atoms with van der Waals surface area (Å²) in [6.45, 7) is 1.64. The molecule has 0 saturated carbocycles. The van der Waals surface area contributed by atoms with Crippen molar-refractivity contribution in [2.75, 3.05) is 11.1 Å². The van der Waals surface area contributed by atoms with Crippen LogP contribution < -0.4 is 11.1 Å². The van der Waals surface area contributed by atoms with Crippen LogP contribution in [0.15, 0.2) is 28.8 Å². The van der Waals surface area contributed by atoms with E-state index in [0.29, 0.717) is 11.8 Å². The Morgan fingerprint density at radius 3 is 2.60 bits per heavy atom. The molecule has 1 aromatic carbocycles. The van der Waals surface area contributed by atoms with Crippen molar-refractivity contribution < 1.29 is 22.5 Å². The zero-order chi connectivity index (χ0) is 14.9. The molecule has 1 amide bonds. The molecule has 1 aromatic heterocycles. The summed E-state index contributed by atoms with van der Waals surface area (Å²) in [7, 11) is 0. The van der Waals surface area contributed by atoms with Gasteiger partial charge in [-0.3, -0.25) is 10.1 Å². The van der Waals surface area contributed by atoms with E-state index in [1.165, 1.54) is 6.07 Å². The molecular weight excluding hydrogens is 275 g/mol. The van der Waals surface area contributed by atoms with Crippen LogP contribution in [-0.4, -0.2) is 11.1 Å². The molecule has 0 aliphatic heterocycles. The second-order valence-electron chi connectivity index (χ2n) is 4.09. The molecule has 1 heterocycles. The fraction of sp³-hybridized carbons (Fsp3) is 0.167. The molecule has 0 spiro atoms. The first-order valence-electron chi connectivity index (χ1n) is 5.49. The number of halogens is 3. The molecule has 2 rings (SSSR count). The second kappa shape index (κ2) is 4.87. The number of hydrogen-bond acceptors (Lipinski definition) is 4. The maximum atomic E-state index is 12.6. The number of nitrogen functional groups attached to an aromatic ring is 1. The summed E-state index contributed by atoms with van der Waals surface area (Å²) in [6, 6.07) is 3.96. The molecular formula is C12H10F3N3O2. The number of anilines is 2. The molecule has 20 heavy (non-hydrogen) atoms. The highest BCUT2D eigenvalue weighted by molar-refractivity contribution is 6.07. The van der Waals surface area contributed by atoms with Crippen molar-refractivity contribution in [2.24, 2.45) is 0 Å². The van der Waals surface area contributed by atoms with Crippen molar-refractivity contribution in [2.45, 2.75) is 13.1 Å². The molecule has 0 aliphatic rings. The maximum Gasteiger partial charge on any atom is 0.416 e. The van der Waals surface area contributed by atoms with E-state index in [0.717, 1.165) is 12.1 Å². The van der Waals surface area contributed by atoms with E-state index >= 15 is 0 Å². The number of carbonyl (C=O) groups excluding carboxylic acids is 1. The molecule has 0 saturated heterocycles. The molecule has 106 valence electrons.